The maximum absolute atomic E-state index is 13.7. The fourth-order valence-electron chi connectivity index (χ4n) is 3.89. The van der Waals surface area contributed by atoms with Gasteiger partial charge in [0, 0.05) is 19.1 Å². The van der Waals surface area contributed by atoms with E-state index in [4.69, 9.17) is 18.9 Å². The standard InChI is InChI=1S/C26H31FO6/c1-16(2)22-15-23(31-4)26(32-12-11-30-3)25(17-5-7-18(27)8-6-17)21(22)10-9-20-13-19(28)14-24(29)33-20/h5-10,15-16,19-20,28H,11-14H2,1-4H3/b10-9+/t19-,20-/m0/s1. The van der Waals surface area contributed by atoms with Gasteiger partial charge in [-0.2, -0.15) is 0 Å². The second-order valence-electron chi connectivity index (χ2n) is 8.27. The van der Waals surface area contributed by atoms with Crippen LogP contribution in [0.1, 0.15) is 43.7 Å². The highest BCUT2D eigenvalue weighted by molar-refractivity contribution is 5.85. The second kappa shape index (κ2) is 11.3. The minimum absolute atomic E-state index is 0.00242. The second-order valence-corrected chi connectivity index (χ2v) is 8.27. The molecule has 33 heavy (non-hydrogen) atoms. The van der Waals surface area contributed by atoms with Crippen molar-refractivity contribution in [3.8, 4) is 22.6 Å². The van der Waals surface area contributed by atoms with Crippen LogP contribution < -0.4 is 9.47 Å². The molecule has 6 nitrogen and oxygen atoms in total. The Morgan fingerprint density at radius 2 is 1.94 bits per heavy atom. The summed E-state index contributed by atoms with van der Waals surface area (Å²) in [6.45, 7) is 4.82. The first-order chi connectivity index (χ1) is 15.8. The smallest absolute Gasteiger partial charge is 0.309 e. The van der Waals surface area contributed by atoms with E-state index < -0.39 is 18.2 Å². The van der Waals surface area contributed by atoms with Crippen LogP contribution in [0.4, 0.5) is 4.39 Å². The Labute approximate surface area is 193 Å². The number of methoxy groups -OCH3 is 2. The summed E-state index contributed by atoms with van der Waals surface area (Å²) >= 11 is 0. The summed E-state index contributed by atoms with van der Waals surface area (Å²) < 4.78 is 36.0. The summed E-state index contributed by atoms with van der Waals surface area (Å²) in [5, 5.41) is 9.96. The van der Waals surface area contributed by atoms with Crippen molar-refractivity contribution >= 4 is 12.0 Å². The number of hydrogen-bond donors (Lipinski definition) is 1. The molecule has 2 atom stereocenters. The molecule has 0 amide bonds. The highest BCUT2D eigenvalue weighted by Crippen LogP contribution is 2.45. The number of benzene rings is 2. The first-order valence-corrected chi connectivity index (χ1v) is 11.0. The van der Waals surface area contributed by atoms with Crippen molar-refractivity contribution in [2.45, 2.75) is 44.8 Å². The number of esters is 1. The highest BCUT2D eigenvalue weighted by atomic mass is 19.1. The van der Waals surface area contributed by atoms with E-state index in [9.17, 15) is 14.3 Å². The van der Waals surface area contributed by atoms with E-state index in [1.54, 1.807) is 32.4 Å². The lowest BCUT2D eigenvalue weighted by Crippen LogP contribution is -2.31. The van der Waals surface area contributed by atoms with Crippen molar-refractivity contribution in [1.29, 1.82) is 0 Å². The van der Waals surface area contributed by atoms with Crippen LogP contribution in [0.15, 0.2) is 36.4 Å². The Balaban J connectivity index is 2.19. The molecule has 2 aromatic rings. The third-order valence-corrected chi connectivity index (χ3v) is 5.49. The molecule has 0 saturated carbocycles. The number of rotatable bonds is 9. The fourth-order valence-corrected chi connectivity index (χ4v) is 3.89. The van der Waals surface area contributed by atoms with Crippen molar-refractivity contribution in [2.75, 3.05) is 27.4 Å². The van der Waals surface area contributed by atoms with Crippen LogP contribution >= 0.6 is 0 Å². The predicted molar refractivity (Wildman–Crippen MR) is 124 cm³/mol. The van der Waals surface area contributed by atoms with Crippen molar-refractivity contribution in [3.63, 3.8) is 0 Å². The van der Waals surface area contributed by atoms with Gasteiger partial charge in [0.2, 0.25) is 0 Å². The SMILES string of the molecule is COCCOc1c(OC)cc(C(C)C)c(/C=C/[C@H]2C[C@H](O)CC(=O)O2)c1-c1ccc(F)cc1. The zero-order valence-corrected chi connectivity index (χ0v) is 19.5. The average molecular weight is 459 g/mol. The molecule has 1 saturated heterocycles. The van der Waals surface area contributed by atoms with Gasteiger partial charge in [0.25, 0.3) is 0 Å². The van der Waals surface area contributed by atoms with E-state index in [1.165, 1.54) is 12.1 Å². The molecule has 1 aliphatic heterocycles. The zero-order valence-electron chi connectivity index (χ0n) is 19.5. The van der Waals surface area contributed by atoms with Crippen molar-refractivity contribution in [3.05, 3.63) is 53.4 Å². The normalized spacial score (nSPS) is 18.6. The van der Waals surface area contributed by atoms with Gasteiger partial charge in [0.05, 0.1) is 26.2 Å². The Hall–Kier alpha value is -2.90. The van der Waals surface area contributed by atoms with Gasteiger partial charge in [-0.1, -0.05) is 32.1 Å². The molecule has 178 valence electrons. The molecule has 3 rings (SSSR count). The zero-order chi connectivity index (χ0) is 24.0. The molecule has 0 spiro atoms. The Kier molecular flexibility index (Phi) is 8.47. The number of hydrogen-bond acceptors (Lipinski definition) is 6. The molecule has 0 bridgehead atoms. The third kappa shape index (κ3) is 6.12. The van der Waals surface area contributed by atoms with Crippen molar-refractivity contribution < 1.29 is 33.2 Å². The minimum Gasteiger partial charge on any atom is -0.493 e. The van der Waals surface area contributed by atoms with Crippen LogP contribution in [-0.4, -0.2) is 50.7 Å². The van der Waals surface area contributed by atoms with Gasteiger partial charge in [0.1, 0.15) is 18.5 Å². The summed E-state index contributed by atoms with van der Waals surface area (Å²) in [6.07, 6.45) is 2.72. The molecule has 1 N–H and O–H groups in total. The Bertz CT molecular complexity index is 983. The maximum Gasteiger partial charge on any atom is 0.309 e. The van der Waals surface area contributed by atoms with Crippen LogP contribution in [0, 0.1) is 5.82 Å². The predicted octanol–water partition coefficient (Wildman–Crippen LogP) is 4.73. The summed E-state index contributed by atoms with van der Waals surface area (Å²) in [4.78, 5) is 11.8. The number of cyclic esters (lactones) is 1. The Morgan fingerprint density at radius 3 is 2.55 bits per heavy atom. The summed E-state index contributed by atoms with van der Waals surface area (Å²) in [5.41, 5.74) is 3.34. The van der Waals surface area contributed by atoms with Crippen molar-refractivity contribution in [2.24, 2.45) is 0 Å². The van der Waals surface area contributed by atoms with Crippen LogP contribution in [0.2, 0.25) is 0 Å². The third-order valence-electron chi connectivity index (χ3n) is 5.49. The van der Waals surface area contributed by atoms with Gasteiger partial charge in [-0.25, -0.2) is 4.39 Å². The number of carbonyl (C=O) groups excluding carboxylic acids is 1. The van der Waals surface area contributed by atoms with E-state index in [0.29, 0.717) is 31.1 Å². The van der Waals surface area contributed by atoms with E-state index in [2.05, 4.69) is 13.8 Å². The quantitative estimate of drug-likeness (QED) is 0.433. The summed E-state index contributed by atoms with van der Waals surface area (Å²) in [6, 6.07) is 8.12. The number of ether oxygens (including phenoxy) is 4. The van der Waals surface area contributed by atoms with Crippen molar-refractivity contribution in [1.82, 2.24) is 0 Å². The van der Waals surface area contributed by atoms with Crippen LogP contribution in [0.25, 0.3) is 17.2 Å². The van der Waals surface area contributed by atoms with Crippen LogP contribution in [-0.2, 0) is 14.3 Å². The number of halogens is 1. The largest absolute Gasteiger partial charge is 0.493 e. The first-order valence-electron chi connectivity index (χ1n) is 11.0. The molecule has 0 aliphatic carbocycles. The molecule has 0 radical (unpaired) electrons. The van der Waals surface area contributed by atoms with Crippen LogP contribution in [0.5, 0.6) is 11.5 Å². The average Bonchev–Trinajstić information content (AvgIpc) is 2.77. The van der Waals surface area contributed by atoms with Gasteiger partial charge in [-0.3, -0.25) is 4.79 Å². The molecule has 1 heterocycles. The molecular formula is C26H31FO6. The number of carbonyl (C=O) groups is 1. The molecular weight excluding hydrogens is 427 g/mol. The van der Waals surface area contributed by atoms with Gasteiger partial charge >= 0.3 is 5.97 Å². The number of aliphatic hydroxyl groups is 1. The Morgan fingerprint density at radius 1 is 1.21 bits per heavy atom. The molecule has 1 aliphatic rings. The topological polar surface area (TPSA) is 74.2 Å². The number of aliphatic hydroxyl groups excluding tert-OH is 1. The molecule has 0 aromatic heterocycles. The molecule has 0 unspecified atom stereocenters. The molecule has 1 fully saturated rings. The van der Waals surface area contributed by atoms with Gasteiger partial charge < -0.3 is 24.1 Å². The van der Waals surface area contributed by atoms with E-state index in [0.717, 1.165) is 22.3 Å². The van der Waals surface area contributed by atoms with Gasteiger partial charge in [0.15, 0.2) is 11.5 Å². The van der Waals surface area contributed by atoms with E-state index >= 15 is 0 Å². The van der Waals surface area contributed by atoms with Gasteiger partial charge in [-0.15, -0.1) is 0 Å². The lowest BCUT2D eigenvalue weighted by Gasteiger charge is -2.25. The monoisotopic (exact) mass is 458 g/mol. The maximum atomic E-state index is 13.7. The molecule has 2 aromatic carbocycles. The highest BCUT2D eigenvalue weighted by Gasteiger charge is 2.26. The lowest BCUT2D eigenvalue weighted by atomic mass is 9.88. The lowest BCUT2D eigenvalue weighted by molar-refractivity contribution is -0.156. The van der Waals surface area contributed by atoms with Crippen LogP contribution in [0.3, 0.4) is 0 Å². The van der Waals surface area contributed by atoms with Gasteiger partial charge in [-0.05, 0) is 46.9 Å². The fraction of sp³-hybridized carbons (Fsp3) is 0.423. The summed E-state index contributed by atoms with van der Waals surface area (Å²) in [7, 11) is 3.17. The summed E-state index contributed by atoms with van der Waals surface area (Å²) in [5.74, 6) is 0.444. The minimum atomic E-state index is -0.731. The first kappa shape index (κ1) is 24.7. The van der Waals surface area contributed by atoms with E-state index in [-0.39, 0.29) is 18.2 Å². The molecule has 7 heteroatoms. The van der Waals surface area contributed by atoms with E-state index in [1.807, 2.05) is 12.1 Å².